The van der Waals surface area contributed by atoms with Gasteiger partial charge in [-0.15, -0.1) is 24.8 Å². The lowest BCUT2D eigenvalue weighted by Crippen LogP contribution is -2.33. The van der Waals surface area contributed by atoms with Gasteiger partial charge in [-0.3, -0.25) is 5.10 Å². The summed E-state index contributed by atoms with van der Waals surface area (Å²) in [6.45, 7) is 2.61. The van der Waals surface area contributed by atoms with Crippen molar-refractivity contribution in [3.63, 3.8) is 0 Å². The molecule has 4 nitrogen and oxygen atoms in total. The molecule has 1 fully saturated rings. The fraction of sp³-hybridized carbons (Fsp3) is 0.571. The number of hydrogen-bond acceptors (Lipinski definition) is 3. The van der Waals surface area contributed by atoms with E-state index in [1.54, 1.807) is 6.20 Å². The number of H-pyrrole nitrogens is 1. The Morgan fingerprint density at radius 1 is 1.46 bits per heavy atom. The number of aromatic nitrogens is 2. The van der Waals surface area contributed by atoms with Crippen LogP contribution in [0.4, 0.5) is 0 Å². The van der Waals surface area contributed by atoms with Gasteiger partial charge in [0.25, 0.3) is 0 Å². The zero-order valence-corrected chi connectivity index (χ0v) is 8.66. The van der Waals surface area contributed by atoms with Crippen molar-refractivity contribution in [3.05, 3.63) is 18.0 Å². The molecule has 2 N–H and O–H groups in total. The van der Waals surface area contributed by atoms with Gasteiger partial charge in [0, 0.05) is 19.3 Å². The van der Waals surface area contributed by atoms with Crippen molar-refractivity contribution in [2.45, 2.75) is 6.10 Å². The molecule has 0 amide bonds. The van der Waals surface area contributed by atoms with Crippen molar-refractivity contribution in [2.75, 3.05) is 19.7 Å². The highest BCUT2D eigenvalue weighted by Crippen LogP contribution is 2.14. The van der Waals surface area contributed by atoms with Gasteiger partial charge in [-0.1, -0.05) is 0 Å². The monoisotopic (exact) mass is 225 g/mol. The third-order valence-corrected chi connectivity index (χ3v) is 1.80. The minimum absolute atomic E-state index is 0. The Balaban J connectivity index is 0.000000720. The normalized spacial score (nSPS) is 21.4. The largest absolute Gasteiger partial charge is 0.369 e. The van der Waals surface area contributed by atoms with Crippen LogP contribution >= 0.6 is 24.8 Å². The molecule has 76 valence electrons. The van der Waals surface area contributed by atoms with E-state index >= 15 is 0 Å². The third-order valence-electron chi connectivity index (χ3n) is 1.80. The van der Waals surface area contributed by atoms with Gasteiger partial charge in [-0.2, -0.15) is 5.10 Å². The van der Waals surface area contributed by atoms with E-state index in [1.807, 2.05) is 6.07 Å². The fourth-order valence-electron chi connectivity index (χ4n) is 1.21. The molecule has 2 heterocycles. The first-order valence-electron chi connectivity index (χ1n) is 3.78. The molecular weight excluding hydrogens is 213 g/mol. The van der Waals surface area contributed by atoms with Gasteiger partial charge in [-0.05, 0) is 6.07 Å². The summed E-state index contributed by atoms with van der Waals surface area (Å²) >= 11 is 0. The molecule has 0 spiro atoms. The van der Waals surface area contributed by atoms with E-state index in [2.05, 4.69) is 15.5 Å². The maximum absolute atomic E-state index is 5.49. The van der Waals surface area contributed by atoms with Crippen LogP contribution in [0.15, 0.2) is 12.3 Å². The number of ether oxygens (including phenoxy) is 1. The molecule has 1 aliphatic rings. The number of nitrogens with zero attached hydrogens (tertiary/aromatic N) is 1. The highest BCUT2D eigenvalue weighted by Gasteiger charge is 2.15. The van der Waals surface area contributed by atoms with Crippen LogP contribution in [0, 0.1) is 0 Å². The number of morpholine rings is 1. The SMILES string of the molecule is Cl.Cl.c1cc(C2CNCCO2)[nH]n1. The molecule has 0 saturated carbocycles. The molecule has 1 atom stereocenters. The zero-order chi connectivity index (χ0) is 7.52. The van der Waals surface area contributed by atoms with Crippen LogP contribution in [0.5, 0.6) is 0 Å². The number of hydrogen-bond donors (Lipinski definition) is 2. The van der Waals surface area contributed by atoms with E-state index < -0.39 is 0 Å². The van der Waals surface area contributed by atoms with E-state index in [0.29, 0.717) is 0 Å². The Morgan fingerprint density at radius 3 is 2.85 bits per heavy atom. The minimum atomic E-state index is 0. The van der Waals surface area contributed by atoms with Crippen LogP contribution < -0.4 is 5.32 Å². The molecule has 1 aromatic rings. The molecule has 0 bridgehead atoms. The molecule has 1 aliphatic heterocycles. The highest BCUT2D eigenvalue weighted by molar-refractivity contribution is 5.85. The number of aromatic amines is 1. The van der Waals surface area contributed by atoms with Crippen LogP contribution in [0.2, 0.25) is 0 Å². The Bertz CT molecular complexity index is 212. The average Bonchev–Trinajstić information content (AvgIpc) is 2.58. The van der Waals surface area contributed by atoms with Gasteiger partial charge in [0.1, 0.15) is 6.10 Å². The first-order chi connectivity index (χ1) is 5.47. The second kappa shape index (κ2) is 6.21. The summed E-state index contributed by atoms with van der Waals surface area (Å²) < 4.78 is 5.49. The van der Waals surface area contributed by atoms with Crippen molar-refractivity contribution in [1.82, 2.24) is 15.5 Å². The molecule has 1 aromatic heterocycles. The average molecular weight is 226 g/mol. The molecule has 1 saturated heterocycles. The first-order valence-corrected chi connectivity index (χ1v) is 3.78. The smallest absolute Gasteiger partial charge is 0.111 e. The summed E-state index contributed by atoms with van der Waals surface area (Å²) in [5.41, 5.74) is 1.05. The molecule has 13 heavy (non-hydrogen) atoms. The van der Waals surface area contributed by atoms with Crippen molar-refractivity contribution >= 4 is 24.8 Å². The Hall–Kier alpha value is -0.290. The van der Waals surface area contributed by atoms with Crippen LogP contribution in [0.1, 0.15) is 11.8 Å². The molecule has 2 rings (SSSR count). The molecule has 6 heteroatoms. The summed E-state index contributed by atoms with van der Waals surface area (Å²) in [6.07, 6.45) is 1.90. The van der Waals surface area contributed by atoms with Crippen molar-refractivity contribution in [2.24, 2.45) is 0 Å². The number of halogens is 2. The van der Waals surface area contributed by atoms with E-state index in [0.717, 1.165) is 25.4 Å². The molecular formula is C7H13Cl2N3O. The quantitative estimate of drug-likeness (QED) is 0.748. The molecule has 0 radical (unpaired) electrons. The molecule has 1 unspecified atom stereocenters. The summed E-state index contributed by atoms with van der Waals surface area (Å²) in [5, 5.41) is 10.0. The maximum atomic E-state index is 5.49. The lowest BCUT2D eigenvalue weighted by Gasteiger charge is -2.22. The van der Waals surface area contributed by atoms with Crippen molar-refractivity contribution < 1.29 is 4.74 Å². The maximum Gasteiger partial charge on any atom is 0.111 e. The lowest BCUT2D eigenvalue weighted by atomic mass is 10.2. The molecule has 0 aliphatic carbocycles. The van der Waals surface area contributed by atoms with Gasteiger partial charge in [-0.25, -0.2) is 0 Å². The predicted molar refractivity (Wildman–Crippen MR) is 54.6 cm³/mol. The standard InChI is InChI=1S/C7H11N3O.2ClH/c1-2-9-10-6(1)7-5-8-3-4-11-7;;/h1-2,7-8H,3-5H2,(H,9,10);2*1H. The van der Waals surface area contributed by atoms with Gasteiger partial charge < -0.3 is 10.1 Å². The van der Waals surface area contributed by atoms with E-state index in [1.165, 1.54) is 0 Å². The van der Waals surface area contributed by atoms with Crippen LogP contribution in [0.3, 0.4) is 0 Å². The van der Waals surface area contributed by atoms with Crippen molar-refractivity contribution in [1.29, 1.82) is 0 Å². The topological polar surface area (TPSA) is 49.9 Å². The molecule has 0 aromatic carbocycles. The summed E-state index contributed by atoms with van der Waals surface area (Å²) in [6, 6.07) is 1.94. The van der Waals surface area contributed by atoms with E-state index in [-0.39, 0.29) is 30.9 Å². The van der Waals surface area contributed by atoms with E-state index in [4.69, 9.17) is 4.74 Å². The second-order valence-corrected chi connectivity index (χ2v) is 2.58. The summed E-state index contributed by atoms with van der Waals surface area (Å²) in [7, 11) is 0. The summed E-state index contributed by atoms with van der Waals surface area (Å²) in [4.78, 5) is 0. The van der Waals surface area contributed by atoms with Gasteiger partial charge >= 0.3 is 0 Å². The minimum Gasteiger partial charge on any atom is -0.369 e. The van der Waals surface area contributed by atoms with Gasteiger partial charge in [0.15, 0.2) is 0 Å². The Labute approximate surface area is 89.3 Å². The van der Waals surface area contributed by atoms with Crippen LogP contribution in [-0.2, 0) is 4.74 Å². The Kier molecular flexibility index (Phi) is 6.07. The van der Waals surface area contributed by atoms with Crippen LogP contribution in [-0.4, -0.2) is 29.9 Å². The third kappa shape index (κ3) is 3.15. The second-order valence-electron chi connectivity index (χ2n) is 2.58. The van der Waals surface area contributed by atoms with Gasteiger partial charge in [0.05, 0.1) is 12.3 Å². The fourth-order valence-corrected chi connectivity index (χ4v) is 1.21. The highest BCUT2D eigenvalue weighted by atomic mass is 35.5. The zero-order valence-electron chi connectivity index (χ0n) is 7.03. The lowest BCUT2D eigenvalue weighted by molar-refractivity contribution is 0.0250. The van der Waals surface area contributed by atoms with E-state index in [9.17, 15) is 0 Å². The number of rotatable bonds is 1. The summed E-state index contributed by atoms with van der Waals surface area (Å²) in [5.74, 6) is 0. The predicted octanol–water partition coefficient (Wildman–Crippen LogP) is 0.914. The van der Waals surface area contributed by atoms with Gasteiger partial charge in [0.2, 0.25) is 0 Å². The Morgan fingerprint density at radius 2 is 2.31 bits per heavy atom. The van der Waals surface area contributed by atoms with Crippen molar-refractivity contribution in [3.8, 4) is 0 Å². The number of nitrogens with one attached hydrogen (secondary N) is 2. The van der Waals surface area contributed by atoms with Crippen LogP contribution in [0.25, 0.3) is 0 Å². The first kappa shape index (κ1) is 12.7.